The van der Waals surface area contributed by atoms with Crippen LogP contribution in [0.1, 0.15) is 6.42 Å². The smallest absolute Gasteiger partial charge is 0.424 e. The summed E-state index contributed by atoms with van der Waals surface area (Å²) in [6, 6.07) is 0. The molecule has 0 aliphatic carbocycles. The van der Waals surface area contributed by atoms with Crippen LogP contribution in [-0.2, 0) is 23.9 Å². The lowest BCUT2D eigenvalue weighted by molar-refractivity contribution is -0.170. The van der Waals surface area contributed by atoms with E-state index >= 15 is 0 Å². The van der Waals surface area contributed by atoms with Gasteiger partial charge in [-0.2, -0.15) is 0 Å². The van der Waals surface area contributed by atoms with Crippen molar-refractivity contribution in [2.75, 3.05) is 13.1 Å². The summed E-state index contributed by atoms with van der Waals surface area (Å²) >= 11 is 0. The Morgan fingerprint density at radius 1 is 1.25 bits per heavy atom. The number of aliphatic carboxylic acids is 1. The first-order valence-corrected chi connectivity index (χ1v) is 3.92. The number of carbonyl (C=O) groups is 4. The summed E-state index contributed by atoms with van der Waals surface area (Å²) < 4.78 is 3.87. The zero-order valence-corrected chi connectivity index (χ0v) is 8.39. The second-order valence-electron chi connectivity index (χ2n) is 2.37. The Labute approximate surface area is 90.5 Å². The van der Waals surface area contributed by atoms with Gasteiger partial charge in [-0.3, -0.25) is 9.59 Å². The number of nitrogens with two attached hydrogens (primary N) is 1. The van der Waals surface area contributed by atoms with E-state index in [2.05, 4.69) is 10.1 Å². The Kier molecular flexibility index (Phi) is 8.54. The fourth-order valence-electron chi connectivity index (χ4n) is 0.574. The second-order valence-corrected chi connectivity index (χ2v) is 2.37. The number of nitrogens with one attached hydrogen (secondary N) is 1. The highest BCUT2D eigenvalue weighted by atomic mass is 16.6. The second kappa shape index (κ2) is 8.32. The van der Waals surface area contributed by atoms with Crippen molar-refractivity contribution >= 4 is 23.8 Å². The van der Waals surface area contributed by atoms with Crippen molar-refractivity contribution in [3.05, 3.63) is 0 Å². The number of ether oxygens (including phenoxy) is 1. The molecule has 0 aromatic carbocycles. The van der Waals surface area contributed by atoms with Crippen molar-refractivity contribution in [3.8, 4) is 0 Å². The Morgan fingerprint density at radius 2 is 1.81 bits per heavy atom. The zero-order valence-electron chi connectivity index (χ0n) is 8.39. The van der Waals surface area contributed by atoms with Crippen LogP contribution in [0.5, 0.6) is 0 Å². The minimum atomic E-state index is -1.85. The summed E-state index contributed by atoms with van der Waals surface area (Å²) in [4.78, 5) is 41.6. The number of hydrogen-bond acceptors (Lipinski definition) is 7. The first kappa shape index (κ1) is 16.4. The molecule has 9 nitrogen and oxygen atoms in total. The molecule has 92 valence electrons. The number of carboxylic acid groups (broad SMARTS) is 1. The predicted octanol–water partition coefficient (Wildman–Crippen LogP) is -2.23. The van der Waals surface area contributed by atoms with Gasteiger partial charge in [-0.05, 0) is 0 Å². The SMILES string of the molecule is N.NCC(=O)NCCC(=O)OC(=O)C(=O)O. The molecule has 0 aromatic heterocycles. The number of hydrogen-bond donors (Lipinski definition) is 4. The van der Waals surface area contributed by atoms with Gasteiger partial charge < -0.3 is 27.0 Å². The molecular formula is C7H13N3O6. The van der Waals surface area contributed by atoms with Crippen LogP contribution in [0.15, 0.2) is 0 Å². The van der Waals surface area contributed by atoms with Crippen LogP contribution in [0.3, 0.4) is 0 Å². The van der Waals surface area contributed by atoms with Crippen molar-refractivity contribution in [2.24, 2.45) is 5.73 Å². The summed E-state index contributed by atoms with van der Waals surface area (Å²) in [7, 11) is 0. The standard InChI is InChI=1S/C7H10N2O6.H3N/c8-3-4(10)9-2-1-5(11)15-7(14)6(12)13;/h1-3,8H2,(H,9,10)(H,12,13);1H3. The van der Waals surface area contributed by atoms with E-state index in [0.717, 1.165) is 0 Å². The summed E-state index contributed by atoms with van der Waals surface area (Å²) in [5.74, 6) is -4.99. The van der Waals surface area contributed by atoms with Gasteiger partial charge in [0.25, 0.3) is 0 Å². The van der Waals surface area contributed by atoms with E-state index in [9.17, 15) is 19.2 Å². The van der Waals surface area contributed by atoms with Gasteiger partial charge in [-0.1, -0.05) is 0 Å². The number of amides is 1. The van der Waals surface area contributed by atoms with Crippen molar-refractivity contribution in [2.45, 2.75) is 6.42 Å². The zero-order chi connectivity index (χ0) is 11.8. The van der Waals surface area contributed by atoms with E-state index in [4.69, 9.17) is 10.8 Å². The van der Waals surface area contributed by atoms with Gasteiger partial charge in [0.05, 0.1) is 13.0 Å². The third kappa shape index (κ3) is 7.41. The van der Waals surface area contributed by atoms with Crippen molar-refractivity contribution in [3.63, 3.8) is 0 Å². The maximum atomic E-state index is 10.7. The highest BCUT2D eigenvalue weighted by Gasteiger charge is 2.17. The largest absolute Gasteiger partial charge is 0.473 e. The molecule has 0 saturated heterocycles. The molecule has 0 radical (unpaired) electrons. The van der Waals surface area contributed by atoms with Crippen LogP contribution in [0, 0.1) is 0 Å². The molecular weight excluding hydrogens is 222 g/mol. The van der Waals surface area contributed by atoms with Crippen LogP contribution < -0.4 is 17.2 Å². The molecule has 7 N–H and O–H groups in total. The van der Waals surface area contributed by atoms with Crippen molar-refractivity contribution < 1.29 is 29.0 Å². The molecule has 9 heteroatoms. The predicted molar refractivity (Wildman–Crippen MR) is 50.4 cm³/mol. The molecule has 0 unspecified atom stereocenters. The molecule has 16 heavy (non-hydrogen) atoms. The average Bonchev–Trinajstić information content (AvgIpc) is 2.17. The minimum absolute atomic E-state index is 0. The Hall–Kier alpha value is -2.00. The fourth-order valence-corrected chi connectivity index (χ4v) is 0.574. The van der Waals surface area contributed by atoms with Crippen molar-refractivity contribution in [1.82, 2.24) is 11.5 Å². The molecule has 0 rings (SSSR count). The highest BCUT2D eigenvalue weighted by Crippen LogP contribution is 1.86. The van der Waals surface area contributed by atoms with Gasteiger partial charge in [-0.25, -0.2) is 9.59 Å². The molecule has 0 atom stereocenters. The molecule has 0 spiro atoms. The van der Waals surface area contributed by atoms with Gasteiger partial charge >= 0.3 is 17.9 Å². The lowest BCUT2D eigenvalue weighted by atomic mass is 10.4. The van der Waals surface area contributed by atoms with Gasteiger partial charge in [0.1, 0.15) is 0 Å². The van der Waals surface area contributed by atoms with Crippen LogP contribution in [0.2, 0.25) is 0 Å². The Morgan fingerprint density at radius 3 is 2.25 bits per heavy atom. The van der Waals surface area contributed by atoms with E-state index in [1.807, 2.05) is 0 Å². The summed E-state index contributed by atoms with van der Waals surface area (Å²) in [6.45, 7) is -0.287. The van der Waals surface area contributed by atoms with Crippen LogP contribution in [0.4, 0.5) is 0 Å². The van der Waals surface area contributed by atoms with Gasteiger partial charge in [-0.15, -0.1) is 0 Å². The molecule has 0 fully saturated rings. The normalized spacial score (nSPS) is 8.56. The number of esters is 2. The van der Waals surface area contributed by atoms with Gasteiger partial charge in [0, 0.05) is 6.54 Å². The lowest BCUT2D eigenvalue weighted by Gasteiger charge is -2.01. The molecule has 0 heterocycles. The molecule has 1 amide bonds. The first-order chi connectivity index (χ1) is 6.97. The van der Waals surface area contributed by atoms with Crippen LogP contribution in [-0.4, -0.2) is 42.0 Å². The van der Waals surface area contributed by atoms with Crippen molar-refractivity contribution in [1.29, 1.82) is 0 Å². The summed E-state index contributed by atoms with van der Waals surface area (Å²) in [6.07, 6.45) is -0.301. The average molecular weight is 235 g/mol. The van der Waals surface area contributed by atoms with Crippen LogP contribution >= 0.6 is 0 Å². The monoisotopic (exact) mass is 235 g/mol. The summed E-state index contributed by atoms with van der Waals surface area (Å²) in [5, 5.41) is 10.3. The molecule has 0 saturated carbocycles. The number of carbonyl (C=O) groups excluding carboxylic acids is 3. The molecule has 0 aromatic rings. The topological polar surface area (TPSA) is 171 Å². The highest BCUT2D eigenvalue weighted by molar-refractivity contribution is 6.30. The molecule has 0 bridgehead atoms. The van der Waals surface area contributed by atoms with E-state index in [1.165, 1.54) is 0 Å². The Balaban J connectivity index is 0. The van der Waals surface area contributed by atoms with E-state index in [1.54, 1.807) is 0 Å². The lowest BCUT2D eigenvalue weighted by Crippen LogP contribution is -2.32. The first-order valence-electron chi connectivity index (χ1n) is 3.92. The molecule has 0 aliphatic heterocycles. The quantitative estimate of drug-likeness (QED) is 0.241. The van der Waals surface area contributed by atoms with E-state index < -0.39 is 23.8 Å². The van der Waals surface area contributed by atoms with Gasteiger partial charge in [0.15, 0.2) is 0 Å². The van der Waals surface area contributed by atoms with E-state index in [0.29, 0.717) is 0 Å². The summed E-state index contributed by atoms with van der Waals surface area (Å²) in [5.41, 5.74) is 4.95. The third-order valence-electron chi connectivity index (χ3n) is 1.22. The Bertz CT molecular complexity index is 290. The third-order valence-corrected chi connectivity index (χ3v) is 1.22. The maximum absolute atomic E-state index is 10.7. The van der Waals surface area contributed by atoms with Crippen LogP contribution in [0.25, 0.3) is 0 Å². The minimum Gasteiger partial charge on any atom is -0.473 e. The number of carboxylic acids is 1. The fraction of sp³-hybridized carbons (Fsp3) is 0.429. The maximum Gasteiger partial charge on any atom is 0.424 e. The van der Waals surface area contributed by atoms with Gasteiger partial charge in [0.2, 0.25) is 5.91 Å². The molecule has 0 aliphatic rings. The van der Waals surface area contributed by atoms with E-state index in [-0.39, 0.29) is 25.7 Å². The number of rotatable bonds is 4.